The average molecular weight is 350 g/mol. The van der Waals surface area contributed by atoms with Gasteiger partial charge in [-0.1, -0.05) is 0 Å². The quantitative estimate of drug-likeness (QED) is 0.840. The van der Waals surface area contributed by atoms with E-state index in [0.717, 1.165) is 9.35 Å². The van der Waals surface area contributed by atoms with Gasteiger partial charge < -0.3 is 4.42 Å². The van der Waals surface area contributed by atoms with E-state index in [4.69, 9.17) is 4.42 Å². The van der Waals surface area contributed by atoms with Crippen LogP contribution in [0, 0.1) is 0 Å². The summed E-state index contributed by atoms with van der Waals surface area (Å²) in [5.74, 6) is -0.0207. The third-order valence-corrected chi connectivity index (χ3v) is 5.30. The van der Waals surface area contributed by atoms with Crippen LogP contribution in [-0.4, -0.2) is 14.7 Å². The maximum absolute atomic E-state index is 11.8. The second-order valence-electron chi connectivity index (χ2n) is 3.29. The van der Waals surface area contributed by atoms with Gasteiger partial charge in [-0.3, -0.25) is 4.79 Å². The van der Waals surface area contributed by atoms with Gasteiger partial charge in [-0.15, -0.1) is 11.3 Å². The number of sulfonamides is 1. The van der Waals surface area contributed by atoms with Crippen molar-refractivity contribution in [3.63, 3.8) is 0 Å². The van der Waals surface area contributed by atoms with Gasteiger partial charge in [-0.2, -0.15) is 0 Å². The van der Waals surface area contributed by atoms with Gasteiger partial charge in [-0.25, -0.2) is 13.1 Å². The van der Waals surface area contributed by atoms with Crippen molar-refractivity contribution in [2.45, 2.75) is 11.6 Å². The largest absolute Gasteiger partial charge is 0.440 e. The van der Waals surface area contributed by atoms with Crippen LogP contribution in [0.4, 0.5) is 0 Å². The molecule has 0 unspecified atom stereocenters. The summed E-state index contributed by atoms with van der Waals surface area (Å²) in [6, 6.07) is 4.39. The molecule has 0 amide bonds. The Labute approximate surface area is 116 Å². The number of rotatable bonds is 5. The molecule has 0 atom stereocenters. The Morgan fingerprint density at radius 1 is 1.39 bits per heavy atom. The fourth-order valence-electron chi connectivity index (χ4n) is 1.23. The molecule has 0 spiro atoms. The van der Waals surface area contributed by atoms with Crippen molar-refractivity contribution in [1.29, 1.82) is 0 Å². The predicted molar refractivity (Wildman–Crippen MR) is 70.1 cm³/mol. The first-order valence-corrected chi connectivity index (χ1v) is 7.95. The Bertz CT molecular complexity index is 659. The summed E-state index contributed by atoms with van der Waals surface area (Å²) in [4.78, 5) is 11.3. The number of halogens is 1. The molecule has 5 nitrogen and oxygen atoms in total. The van der Waals surface area contributed by atoms with Crippen LogP contribution in [0.25, 0.3) is 0 Å². The maximum Gasteiger partial charge on any atom is 0.274 e. The van der Waals surface area contributed by atoms with Crippen molar-refractivity contribution in [2.24, 2.45) is 0 Å². The molecule has 0 fully saturated rings. The molecule has 0 saturated carbocycles. The molecule has 96 valence electrons. The van der Waals surface area contributed by atoms with E-state index in [1.165, 1.54) is 23.5 Å². The number of carbonyl (C=O) groups excluding carboxylic acids is 1. The van der Waals surface area contributed by atoms with Crippen molar-refractivity contribution in [3.05, 3.63) is 38.7 Å². The van der Waals surface area contributed by atoms with Gasteiger partial charge in [0, 0.05) is 15.9 Å². The van der Waals surface area contributed by atoms with Crippen molar-refractivity contribution in [3.8, 4) is 0 Å². The van der Waals surface area contributed by atoms with Gasteiger partial charge in [0.05, 0.1) is 0 Å². The molecule has 2 heterocycles. The number of hydrogen-bond acceptors (Lipinski definition) is 5. The zero-order valence-electron chi connectivity index (χ0n) is 8.92. The third kappa shape index (κ3) is 2.89. The molecule has 2 rings (SSSR count). The zero-order valence-corrected chi connectivity index (χ0v) is 12.1. The lowest BCUT2D eigenvalue weighted by Gasteiger charge is -2.02. The molecule has 2 aromatic rings. The molecule has 2 aromatic heterocycles. The van der Waals surface area contributed by atoms with Gasteiger partial charge in [0.2, 0.25) is 5.09 Å². The molecular formula is C10H8BrNO4S2. The lowest BCUT2D eigenvalue weighted by molar-refractivity contribution is 0.109. The molecule has 18 heavy (non-hydrogen) atoms. The Hall–Kier alpha value is -0.960. The van der Waals surface area contributed by atoms with Crippen LogP contribution < -0.4 is 4.72 Å². The first-order valence-electron chi connectivity index (χ1n) is 4.79. The number of aldehydes is 1. The van der Waals surface area contributed by atoms with Crippen LogP contribution in [0.3, 0.4) is 0 Å². The fourth-order valence-corrected chi connectivity index (χ4v) is 3.68. The molecule has 0 aromatic carbocycles. The van der Waals surface area contributed by atoms with E-state index in [1.807, 2.05) is 11.4 Å². The lowest BCUT2D eigenvalue weighted by Crippen LogP contribution is -2.22. The highest BCUT2D eigenvalue weighted by Crippen LogP contribution is 2.23. The fraction of sp³-hybridized carbons (Fsp3) is 0.100. The SMILES string of the molecule is O=Cc1ccc(S(=O)(=O)NCc2sccc2Br)o1. The van der Waals surface area contributed by atoms with Crippen LogP contribution in [0.15, 0.2) is 37.6 Å². The van der Waals surface area contributed by atoms with Crippen LogP contribution in [-0.2, 0) is 16.6 Å². The second kappa shape index (κ2) is 5.35. The number of carbonyl (C=O) groups is 1. The third-order valence-electron chi connectivity index (χ3n) is 2.10. The minimum absolute atomic E-state index is 0.0207. The standard InChI is InChI=1S/C10H8BrNO4S2/c11-8-3-4-17-9(8)5-12-18(14,15)10-2-1-7(6-13)16-10/h1-4,6,12H,5H2. The van der Waals surface area contributed by atoms with Crippen LogP contribution in [0.1, 0.15) is 15.4 Å². The van der Waals surface area contributed by atoms with Crippen molar-refractivity contribution in [1.82, 2.24) is 4.72 Å². The lowest BCUT2D eigenvalue weighted by atomic mass is 10.5. The molecule has 0 radical (unpaired) electrons. The van der Waals surface area contributed by atoms with E-state index >= 15 is 0 Å². The van der Waals surface area contributed by atoms with E-state index in [9.17, 15) is 13.2 Å². The summed E-state index contributed by atoms with van der Waals surface area (Å²) < 4.78 is 31.8. The van der Waals surface area contributed by atoms with Crippen LogP contribution >= 0.6 is 27.3 Å². The summed E-state index contributed by atoms with van der Waals surface area (Å²) in [7, 11) is -3.73. The minimum Gasteiger partial charge on any atom is -0.440 e. The van der Waals surface area contributed by atoms with E-state index in [0.29, 0.717) is 6.29 Å². The Morgan fingerprint density at radius 2 is 2.17 bits per heavy atom. The van der Waals surface area contributed by atoms with E-state index in [-0.39, 0.29) is 17.4 Å². The van der Waals surface area contributed by atoms with E-state index in [2.05, 4.69) is 20.7 Å². The summed E-state index contributed by atoms with van der Waals surface area (Å²) in [5, 5.41) is 1.59. The summed E-state index contributed by atoms with van der Waals surface area (Å²) >= 11 is 4.75. The van der Waals surface area contributed by atoms with Crippen LogP contribution in [0.5, 0.6) is 0 Å². The maximum atomic E-state index is 11.8. The number of furan rings is 1. The monoisotopic (exact) mass is 349 g/mol. The first kappa shape index (κ1) is 13.5. The zero-order chi connectivity index (χ0) is 13.2. The topological polar surface area (TPSA) is 76.4 Å². The Morgan fingerprint density at radius 3 is 2.72 bits per heavy atom. The number of nitrogens with one attached hydrogen (secondary N) is 1. The Kier molecular flexibility index (Phi) is 4.00. The van der Waals surface area contributed by atoms with Crippen molar-refractivity contribution < 1.29 is 17.6 Å². The second-order valence-corrected chi connectivity index (χ2v) is 6.84. The number of hydrogen-bond donors (Lipinski definition) is 1. The molecule has 0 saturated heterocycles. The minimum atomic E-state index is -3.73. The van der Waals surface area contributed by atoms with Gasteiger partial charge in [-0.05, 0) is 39.5 Å². The molecule has 0 aliphatic carbocycles. The molecular weight excluding hydrogens is 342 g/mol. The molecule has 0 bridgehead atoms. The molecule has 0 aliphatic heterocycles. The Balaban J connectivity index is 2.12. The van der Waals surface area contributed by atoms with Crippen molar-refractivity contribution in [2.75, 3.05) is 0 Å². The first-order chi connectivity index (χ1) is 8.53. The van der Waals surface area contributed by atoms with Gasteiger partial charge >= 0.3 is 0 Å². The van der Waals surface area contributed by atoms with Gasteiger partial charge in [0.15, 0.2) is 12.0 Å². The average Bonchev–Trinajstić information content (AvgIpc) is 2.95. The van der Waals surface area contributed by atoms with E-state index < -0.39 is 10.0 Å². The predicted octanol–water partition coefficient (Wildman–Crippen LogP) is 2.39. The normalized spacial score (nSPS) is 11.6. The van der Waals surface area contributed by atoms with Gasteiger partial charge in [0.1, 0.15) is 0 Å². The molecule has 8 heteroatoms. The smallest absolute Gasteiger partial charge is 0.274 e. The highest BCUT2D eigenvalue weighted by molar-refractivity contribution is 9.10. The molecule has 1 N–H and O–H groups in total. The summed E-state index contributed by atoms with van der Waals surface area (Å²) in [5.41, 5.74) is 0. The summed E-state index contributed by atoms with van der Waals surface area (Å²) in [6.45, 7) is 0.164. The van der Waals surface area contributed by atoms with E-state index in [1.54, 1.807) is 0 Å². The highest BCUT2D eigenvalue weighted by Gasteiger charge is 2.19. The number of thiophene rings is 1. The summed E-state index contributed by atoms with van der Waals surface area (Å²) in [6.07, 6.45) is 0.453. The van der Waals surface area contributed by atoms with Gasteiger partial charge in [0.25, 0.3) is 10.0 Å². The highest BCUT2D eigenvalue weighted by atomic mass is 79.9. The van der Waals surface area contributed by atoms with Crippen molar-refractivity contribution >= 4 is 43.6 Å². The molecule has 0 aliphatic rings. The van der Waals surface area contributed by atoms with Crippen LogP contribution in [0.2, 0.25) is 0 Å².